The lowest BCUT2D eigenvalue weighted by Gasteiger charge is -2.36. The number of hydrogen-bond acceptors (Lipinski definition) is 6. The Morgan fingerprint density at radius 1 is 1.11 bits per heavy atom. The highest BCUT2D eigenvalue weighted by molar-refractivity contribution is 5.74. The Hall–Kier alpha value is -3.23. The van der Waals surface area contributed by atoms with Gasteiger partial charge in [-0.3, -0.25) is 5.10 Å². The lowest BCUT2D eigenvalue weighted by molar-refractivity contribution is 0.0871. The number of benzene rings is 2. The molecule has 5 rings (SSSR count). The molecule has 0 aliphatic carbocycles. The summed E-state index contributed by atoms with van der Waals surface area (Å²) in [5, 5.41) is 30.9. The van der Waals surface area contributed by atoms with Crippen LogP contribution in [0.4, 0.5) is 5.82 Å². The summed E-state index contributed by atoms with van der Waals surface area (Å²) in [7, 11) is 1.62. The first-order valence-electron chi connectivity index (χ1n) is 9.13. The number of methoxy groups -OCH3 is 1. The van der Waals surface area contributed by atoms with E-state index in [0.717, 1.165) is 22.3 Å². The van der Waals surface area contributed by atoms with Gasteiger partial charge in [-0.1, -0.05) is 47.7 Å². The van der Waals surface area contributed by atoms with Crippen molar-refractivity contribution in [3.8, 4) is 0 Å². The number of H-pyrrole nitrogens is 1. The van der Waals surface area contributed by atoms with Gasteiger partial charge in [-0.15, -0.1) is 5.10 Å². The number of fused-ring (bicyclic) bond motifs is 2. The monoisotopic (exact) mass is 376 g/mol. The van der Waals surface area contributed by atoms with Crippen molar-refractivity contribution in [2.45, 2.75) is 24.8 Å². The first-order valence-corrected chi connectivity index (χ1v) is 9.13. The van der Waals surface area contributed by atoms with Crippen molar-refractivity contribution < 1.29 is 9.84 Å². The molecule has 3 heterocycles. The molecular formula is C20H20N6O2. The van der Waals surface area contributed by atoms with Crippen LogP contribution in [0.1, 0.15) is 35.0 Å². The Morgan fingerprint density at radius 2 is 1.89 bits per heavy atom. The molecule has 0 unspecified atom stereocenters. The number of hydrogen-bond donors (Lipinski definition) is 3. The van der Waals surface area contributed by atoms with Crippen LogP contribution < -0.4 is 5.32 Å². The van der Waals surface area contributed by atoms with Crippen molar-refractivity contribution >= 4 is 16.9 Å². The topological polar surface area (TPSA) is 101 Å². The van der Waals surface area contributed by atoms with E-state index in [0.29, 0.717) is 18.0 Å². The fourth-order valence-electron chi connectivity index (χ4n) is 3.98. The molecule has 0 fully saturated rings. The summed E-state index contributed by atoms with van der Waals surface area (Å²) in [6, 6.07) is 17.1. The summed E-state index contributed by atoms with van der Waals surface area (Å²) < 4.78 is 7.07. The van der Waals surface area contributed by atoms with Crippen LogP contribution >= 0.6 is 0 Å². The van der Waals surface area contributed by atoms with Gasteiger partial charge in [0.15, 0.2) is 5.82 Å². The van der Waals surface area contributed by atoms with Gasteiger partial charge in [0, 0.05) is 7.11 Å². The zero-order chi connectivity index (χ0) is 19.1. The van der Waals surface area contributed by atoms with E-state index in [1.54, 1.807) is 11.8 Å². The Labute approximate surface area is 161 Å². The molecule has 0 radical (unpaired) electrons. The SMILES string of the molecule is COCc1[nH]nc2c1[C@@H](O)[C@H](n1nnc3ccccc31)[C@@H](c1ccccc1)N2. The van der Waals surface area contributed by atoms with Crippen molar-refractivity contribution in [3.05, 3.63) is 71.4 Å². The Bertz CT molecular complexity index is 1110. The van der Waals surface area contributed by atoms with Gasteiger partial charge in [0.05, 0.1) is 29.4 Å². The van der Waals surface area contributed by atoms with E-state index in [2.05, 4.69) is 25.8 Å². The Kier molecular flexibility index (Phi) is 4.07. The van der Waals surface area contributed by atoms with Gasteiger partial charge in [-0.05, 0) is 17.7 Å². The van der Waals surface area contributed by atoms with Crippen LogP contribution in [0.3, 0.4) is 0 Å². The summed E-state index contributed by atoms with van der Waals surface area (Å²) >= 11 is 0. The third kappa shape index (κ3) is 2.57. The highest BCUT2D eigenvalue weighted by atomic mass is 16.5. The van der Waals surface area contributed by atoms with Gasteiger partial charge in [0.1, 0.15) is 17.7 Å². The molecule has 3 N–H and O–H groups in total. The quantitative estimate of drug-likeness (QED) is 0.506. The van der Waals surface area contributed by atoms with Crippen LogP contribution in [-0.2, 0) is 11.3 Å². The fourth-order valence-corrected chi connectivity index (χ4v) is 3.98. The number of nitrogens with one attached hydrogen (secondary N) is 2. The summed E-state index contributed by atoms with van der Waals surface area (Å²) in [5.41, 5.74) is 4.15. The van der Waals surface area contributed by atoms with Crippen molar-refractivity contribution in [2.24, 2.45) is 0 Å². The van der Waals surface area contributed by atoms with E-state index in [1.165, 1.54) is 0 Å². The summed E-state index contributed by atoms with van der Waals surface area (Å²) in [4.78, 5) is 0. The van der Waals surface area contributed by atoms with Crippen LogP contribution in [0.2, 0.25) is 0 Å². The molecule has 0 spiro atoms. The minimum absolute atomic E-state index is 0.229. The van der Waals surface area contributed by atoms with Crippen molar-refractivity contribution in [2.75, 3.05) is 12.4 Å². The van der Waals surface area contributed by atoms with Gasteiger partial charge in [0.2, 0.25) is 0 Å². The number of anilines is 1. The van der Waals surface area contributed by atoms with Gasteiger partial charge in [-0.25, -0.2) is 4.68 Å². The lowest BCUT2D eigenvalue weighted by atomic mass is 9.87. The predicted molar refractivity (Wildman–Crippen MR) is 104 cm³/mol. The maximum Gasteiger partial charge on any atom is 0.154 e. The smallest absolute Gasteiger partial charge is 0.154 e. The van der Waals surface area contributed by atoms with E-state index in [1.807, 2.05) is 54.6 Å². The second kappa shape index (κ2) is 6.74. The largest absolute Gasteiger partial charge is 0.386 e. The molecule has 1 aliphatic rings. The molecule has 0 amide bonds. The van der Waals surface area contributed by atoms with E-state index in [-0.39, 0.29) is 6.04 Å². The van der Waals surface area contributed by atoms with Crippen LogP contribution in [0, 0.1) is 0 Å². The van der Waals surface area contributed by atoms with Crippen molar-refractivity contribution in [1.82, 2.24) is 25.2 Å². The van der Waals surface area contributed by atoms with Crippen LogP contribution in [0.15, 0.2) is 54.6 Å². The number of aliphatic hydroxyl groups excluding tert-OH is 1. The van der Waals surface area contributed by atoms with Crippen LogP contribution in [0.25, 0.3) is 11.0 Å². The molecule has 3 atom stereocenters. The standard InChI is InChI=1S/C20H20N6O2/c1-28-11-14-16-19(27)18(26-15-10-6-5-9-13(15)23-25-26)17(21-20(16)24-22-14)12-7-3-2-4-8-12/h2-10,17-19,27H,11H2,1H3,(H2,21,22,24)/t17-,18-,19-/m1/s1. The zero-order valence-corrected chi connectivity index (χ0v) is 15.3. The number of ether oxygens (including phenoxy) is 1. The molecule has 0 saturated heterocycles. The minimum Gasteiger partial charge on any atom is -0.386 e. The van der Waals surface area contributed by atoms with Gasteiger partial charge in [0.25, 0.3) is 0 Å². The number of nitrogens with zero attached hydrogens (tertiary/aromatic N) is 4. The average Bonchev–Trinajstić information content (AvgIpc) is 3.33. The number of aliphatic hydroxyl groups is 1. The first-order chi connectivity index (χ1) is 13.8. The molecule has 0 saturated carbocycles. The highest BCUT2D eigenvalue weighted by Gasteiger charge is 2.42. The summed E-state index contributed by atoms with van der Waals surface area (Å²) in [6.07, 6.45) is -0.838. The van der Waals surface area contributed by atoms with Gasteiger partial charge < -0.3 is 15.2 Å². The molecule has 8 nitrogen and oxygen atoms in total. The summed E-state index contributed by atoms with van der Waals surface area (Å²) in [5.74, 6) is 0.633. The molecule has 2 aromatic carbocycles. The second-order valence-electron chi connectivity index (χ2n) is 6.89. The lowest BCUT2D eigenvalue weighted by Crippen LogP contribution is -2.34. The maximum absolute atomic E-state index is 11.4. The van der Waals surface area contributed by atoms with Crippen molar-refractivity contribution in [1.29, 1.82) is 0 Å². The zero-order valence-electron chi connectivity index (χ0n) is 15.3. The van der Waals surface area contributed by atoms with Crippen LogP contribution in [0.5, 0.6) is 0 Å². The third-order valence-electron chi connectivity index (χ3n) is 5.24. The highest BCUT2D eigenvalue weighted by Crippen LogP contribution is 2.47. The first kappa shape index (κ1) is 16.9. The second-order valence-corrected chi connectivity index (χ2v) is 6.89. The van der Waals surface area contributed by atoms with E-state index >= 15 is 0 Å². The van der Waals surface area contributed by atoms with Crippen molar-refractivity contribution in [3.63, 3.8) is 0 Å². The number of aromatic nitrogens is 5. The number of aromatic amines is 1. The Balaban J connectivity index is 1.69. The summed E-state index contributed by atoms with van der Waals surface area (Å²) in [6.45, 7) is 0.335. The van der Waals surface area contributed by atoms with E-state index in [9.17, 15) is 5.11 Å². The normalized spacial score (nSPS) is 21.4. The molecule has 8 heteroatoms. The van der Waals surface area contributed by atoms with E-state index in [4.69, 9.17) is 4.74 Å². The molecular weight excluding hydrogens is 356 g/mol. The number of rotatable bonds is 4. The molecule has 2 aromatic heterocycles. The predicted octanol–water partition coefficient (Wildman–Crippen LogP) is 2.74. The Morgan fingerprint density at radius 3 is 2.71 bits per heavy atom. The molecule has 1 aliphatic heterocycles. The molecule has 142 valence electrons. The number of para-hydroxylation sites is 1. The minimum atomic E-state index is -0.838. The molecule has 4 aromatic rings. The van der Waals surface area contributed by atoms with E-state index < -0.39 is 12.1 Å². The average molecular weight is 376 g/mol. The molecule has 28 heavy (non-hydrogen) atoms. The van der Waals surface area contributed by atoms with Gasteiger partial charge >= 0.3 is 0 Å². The third-order valence-corrected chi connectivity index (χ3v) is 5.24. The van der Waals surface area contributed by atoms with Crippen LogP contribution in [-0.4, -0.2) is 37.4 Å². The molecule has 0 bridgehead atoms. The maximum atomic E-state index is 11.4. The fraction of sp³-hybridized carbons (Fsp3) is 0.250. The van der Waals surface area contributed by atoms with Gasteiger partial charge in [-0.2, -0.15) is 5.10 Å².